The van der Waals surface area contributed by atoms with Gasteiger partial charge >= 0.3 is 0 Å². The first-order chi connectivity index (χ1) is 24.2. The maximum Gasteiger partial charge on any atom is 0.272 e. The maximum absolute atomic E-state index is 15.5. The molecule has 0 unspecified atom stereocenters. The van der Waals surface area contributed by atoms with E-state index in [0.29, 0.717) is 45.9 Å². The molecule has 0 radical (unpaired) electrons. The first-order valence-corrected chi connectivity index (χ1v) is 16.6. The van der Waals surface area contributed by atoms with Gasteiger partial charge in [-0.15, -0.1) is 0 Å². The first kappa shape index (κ1) is 34.5. The van der Waals surface area contributed by atoms with Crippen molar-refractivity contribution in [3.8, 4) is 28.7 Å². The average molecular weight is 684 g/mol. The lowest BCUT2D eigenvalue weighted by Gasteiger charge is -2.30. The molecule has 0 bridgehead atoms. The molecule has 0 spiro atoms. The number of carbonyl (C=O) groups excluding carboxylic acids is 1. The van der Waals surface area contributed by atoms with Crippen LogP contribution in [0.4, 0.5) is 8.78 Å². The van der Waals surface area contributed by atoms with Crippen LogP contribution in [0.5, 0.6) is 23.0 Å². The Hall–Kier alpha value is -5.36. The van der Waals surface area contributed by atoms with Gasteiger partial charge in [-0.05, 0) is 92.7 Å². The largest absolute Gasteiger partial charge is 0.493 e. The van der Waals surface area contributed by atoms with E-state index in [-0.39, 0.29) is 29.5 Å². The van der Waals surface area contributed by atoms with E-state index in [2.05, 4.69) is 27.2 Å². The van der Waals surface area contributed by atoms with Gasteiger partial charge in [0, 0.05) is 42.9 Å². The van der Waals surface area contributed by atoms with Crippen LogP contribution in [-0.4, -0.2) is 58.9 Å². The molecule has 0 aliphatic carbocycles. The number of fused-ring (bicyclic) bond motifs is 1. The zero-order chi connectivity index (χ0) is 35.2. The number of pyridine rings is 1. The van der Waals surface area contributed by atoms with E-state index in [1.54, 1.807) is 50.6 Å². The minimum atomic E-state index is -0.751. The second-order valence-electron chi connectivity index (χ2n) is 12.5. The zero-order valence-corrected chi connectivity index (χ0v) is 28.2. The van der Waals surface area contributed by atoms with Gasteiger partial charge in [-0.1, -0.05) is 19.1 Å². The van der Waals surface area contributed by atoms with Crippen molar-refractivity contribution in [1.29, 1.82) is 0 Å². The van der Waals surface area contributed by atoms with Crippen LogP contribution < -0.4 is 25.1 Å². The standard InChI is InChI=1S/C38H39F2N5O5/c1-24-12-16-44(17-13-24)15-4-18-49-35-22-31-29(21-34(35)48-3)32(11-14-41-31)50-33-10-9-28(20-30(33)40)45-36(46)19-25(2)37(43-45)38(47)42-23-26-5-7-27(39)8-6-26/h5-11,14,19-22,24H,4,12-13,15-18,23H2,1-3H3,(H,42,47). The molecule has 5 aromatic rings. The average Bonchev–Trinajstić information content (AvgIpc) is 3.11. The summed E-state index contributed by atoms with van der Waals surface area (Å²) in [6.07, 6.45) is 4.92. The van der Waals surface area contributed by atoms with E-state index in [1.165, 1.54) is 43.2 Å². The van der Waals surface area contributed by atoms with Gasteiger partial charge in [0.25, 0.3) is 11.5 Å². The Morgan fingerprint density at radius 1 is 0.960 bits per heavy atom. The lowest BCUT2D eigenvalue weighted by molar-refractivity contribution is 0.0943. The third-order valence-corrected chi connectivity index (χ3v) is 8.82. The molecule has 2 aromatic heterocycles. The Balaban J connectivity index is 1.16. The van der Waals surface area contributed by atoms with Crippen molar-refractivity contribution < 1.29 is 27.8 Å². The van der Waals surface area contributed by atoms with Crippen LogP contribution in [0.2, 0.25) is 0 Å². The topological polar surface area (TPSA) is 108 Å². The smallest absolute Gasteiger partial charge is 0.272 e. The number of ether oxygens (including phenoxy) is 3. The van der Waals surface area contributed by atoms with Crippen LogP contribution in [0.3, 0.4) is 0 Å². The Labute approximate surface area is 288 Å². The molecule has 1 saturated heterocycles. The van der Waals surface area contributed by atoms with E-state index < -0.39 is 17.3 Å². The SMILES string of the molecule is COc1cc2c(Oc3ccc(-n4nc(C(=O)NCc5ccc(F)cc5)c(C)cc4=O)cc3F)ccnc2cc1OCCCN1CCC(C)CC1. The van der Waals surface area contributed by atoms with Crippen molar-refractivity contribution >= 4 is 16.8 Å². The second-order valence-corrected chi connectivity index (χ2v) is 12.5. The minimum Gasteiger partial charge on any atom is -0.493 e. The molecule has 3 aromatic carbocycles. The van der Waals surface area contributed by atoms with Crippen LogP contribution in [0, 0.1) is 24.5 Å². The van der Waals surface area contributed by atoms with E-state index in [0.717, 1.165) is 42.7 Å². The maximum atomic E-state index is 15.5. The summed E-state index contributed by atoms with van der Waals surface area (Å²) in [5, 5.41) is 7.54. The molecule has 1 amide bonds. The molecule has 6 rings (SSSR count). The van der Waals surface area contributed by atoms with Gasteiger partial charge in [0.05, 0.1) is 24.9 Å². The van der Waals surface area contributed by atoms with E-state index >= 15 is 4.39 Å². The number of piperidine rings is 1. The number of rotatable bonds is 12. The molecular formula is C38H39F2N5O5. The van der Waals surface area contributed by atoms with Crippen LogP contribution in [0.25, 0.3) is 16.6 Å². The van der Waals surface area contributed by atoms with Crippen molar-refractivity contribution in [3.05, 3.63) is 112 Å². The Morgan fingerprint density at radius 2 is 1.74 bits per heavy atom. The third kappa shape index (κ3) is 8.08. The number of nitrogens with zero attached hydrogens (tertiary/aromatic N) is 4. The Morgan fingerprint density at radius 3 is 2.48 bits per heavy atom. The molecular weight excluding hydrogens is 644 g/mol. The lowest BCUT2D eigenvalue weighted by Crippen LogP contribution is -2.34. The first-order valence-electron chi connectivity index (χ1n) is 16.6. The number of benzene rings is 3. The molecule has 1 aliphatic heterocycles. The number of halogens is 2. The van der Waals surface area contributed by atoms with Crippen molar-refractivity contribution in [3.63, 3.8) is 0 Å². The number of carbonyl (C=O) groups is 1. The fourth-order valence-corrected chi connectivity index (χ4v) is 5.89. The number of hydrogen-bond donors (Lipinski definition) is 1. The highest BCUT2D eigenvalue weighted by Gasteiger charge is 2.19. The number of aryl methyl sites for hydroxylation is 1. The van der Waals surface area contributed by atoms with Gasteiger partial charge in [-0.25, -0.2) is 8.78 Å². The summed E-state index contributed by atoms with van der Waals surface area (Å²) in [6, 6.07) is 16.1. The van der Waals surface area contributed by atoms with E-state index in [1.807, 2.05) is 0 Å². The number of aromatic nitrogens is 3. The number of amides is 1. The fraction of sp³-hybridized carbons (Fsp3) is 0.316. The minimum absolute atomic E-state index is 0.00957. The second kappa shape index (κ2) is 15.5. The molecule has 10 nitrogen and oxygen atoms in total. The summed E-state index contributed by atoms with van der Waals surface area (Å²) in [5.41, 5.74) is 1.17. The van der Waals surface area contributed by atoms with Gasteiger partial charge < -0.3 is 24.4 Å². The molecule has 1 fully saturated rings. The predicted octanol–water partition coefficient (Wildman–Crippen LogP) is 6.60. The molecule has 3 heterocycles. The van der Waals surface area contributed by atoms with Gasteiger partial charge in [0.15, 0.2) is 28.8 Å². The highest BCUT2D eigenvalue weighted by Crippen LogP contribution is 2.38. The van der Waals surface area contributed by atoms with Crippen LogP contribution in [0.1, 0.15) is 47.8 Å². The summed E-state index contributed by atoms with van der Waals surface area (Å²) in [6.45, 7) is 7.77. The molecule has 1 N–H and O–H groups in total. The van der Waals surface area contributed by atoms with Gasteiger partial charge in [0.1, 0.15) is 11.6 Å². The predicted molar refractivity (Wildman–Crippen MR) is 185 cm³/mol. The van der Waals surface area contributed by atoms with Crippen molar-refractivity contribution in [2.24, 2.45) is 5.92 Å². The van der Waals surface area contributed by atoms with Gasteiger partial charge in [0.2, 0.25) is 0 Å². The Kier molecular flexibility index (Phi) is 10.7. The fourth-order valence-electron chi connectivity index (χ4n) is 5.89. The Bertz CT molecular complexity index is 2050. The number of likely N-dealkylation sites (tertiary alicyclic amines) is 1. The summed E-state index contributed by atoms with van der Waals surface area (Å²) in [7, 11) is 1.56. The van der Waals surface area contributed by atoms with Crippen molar-refractivity contribution in [2.75, 3.05) is 33.4 Å². The van der Waals surface area contributed by atoms with Crippen molar-refractivity contribution in [2.45, 2.75) is 39.7 Å². The third-order valence-electron chi connectivity index (χ3n) is 8.82. The number of hydrogen-bond acceptors (Lipinski definition) is 8. The molecule has 1 aliphatic rings. The van der Waals surface area contributed by atoms with Crippen molar-refractivity contribution in [1.82, 2.24) is 25.0 Å². The van der Waals surface area contributed by atoms with Gasteiger partial charge in [-0.3, -0.25) is 14.6 Å². The highest BCUT2D eigenvalue weighted by molar-refractivity contribution is 5.93. The summed E-state index contributed by atoms with van der Waals surface area (Å²) >= 11 is 0. The summed E-state index contributed by atoms with van der Waals surface area (Å²) in [4.78, 5) is 32.8. The lowest BCUT2D eigenvalue weighted by atomic mass is 9.99. The van der Waals surface area contributed by atoms with E-state index in [9.17, 15) is 14.0 Å². The zero-order valence-electron chi connectivity index (χ0n) is 28.2. The number of nitrogens with one attached hydrogen (secondary N) is 1. The summed E-state index contributed by atoms with van der Waals surface area (Å²) in [5.74, 6) is 0.432. The highest BCUT2D eigenvalue weighted by atomic mass is 19.1. The monoisotopic (exact) mass is 683 g/mol. The summed E-state index contributed by atoms with van der Waals surface area (Å²) < 4.78 is 47.4. The van der Waals surface area contributed by atoms with Crippen LogP contribution >= 0.6 is 0 Å². The normalized spacial score (nSPS) is 13.7. The number of methoxy groups -OCH3 is 1. The molecule has 0 atom stereocenters. The van der Waals surface area contributed by atoms with E-state index in [4.69, 9.17) is 14.2 Å². The van der Waals surface area contributed by atoms with Gasteiger partial charge in [-0.2, -0.15) is 9.78 Å². The van der Waals surface area contributed by atoms with Crippen LogP contribution in [-0.2, 0) is 6.54 Å². The van der Waals surface area contributed by atoms with Crippen LogP contribution in [0.15, 0.2) is 77.7 Å². The molecule has 260 valence electrons. The molecule has 50 heavy (non-hydrogen) atoms. The quantitative estimate of drug-likeness (QED) is 0.147. The molecule has 12 heteroatoms. The molecule has 0 saturated carbocycles.